The van der Waals surface area contributed by atoms with Gasteiger partial charge in [-0.3, -0.25) is 0 Å². The quantitative estimate of drug-likeness (QED) is 0.100. The van der Waals surface area contributed by atoms with Gasteiger partial charge in [0.25, 0.3) is 0 Å². The van der Waals surface area contributed by atoms with Crippen LogP contribution in [0.4, 0.5) is 11.4 Å². The molecule has 5 aromatic carbocycles. The fourth-order valence-electron chi connectivity index (χ4n) is 5.18. The van der Waals surface area contributed by atoms with Crippen molar-refractivity contribution in [1.29, 1.82) is 0 Å². The summed E-state index contributed by atoms with van der Waals surface area (Å²) in [6, 6.07) is 18.3. The second kappa shape index (κ2) is 16.4. The number of azo groups is 1. The van der Waals surface area contributed by atoms with Crippen LogP contribution in [-0.2, 0) is 30.4 Å². The molecule has 0 saturated carbocycles. The van der Waals surface area contributed by atoms with Crippen molar-refractivity contribution >= 4 is 95.6 Å². The van der Waals surface area contributed by atoms with E-state index in [0.717, 1.165) is 61.4 Å². The number of hydrogen-bond acceptors (Lipinski definition) is 16. The first-order chi connectivity index (χ1) is 23.5. The fourth-order valence-corrected chi connectivity index (χ4v) is 9.23. The number of phenols is 1. The zero-order chi connectivity index (χ0) is 35.7. The molecule has 0 fully saturated rings. The summed E-state index contributed by atoms with van der Waals surface area (Å²) < 4.78 is 110. The van der Waals surface area contributed by atoms with Crippen LogP contribution in [0.3, 0.4) is 0 Å². The SMILES string of the molecule is Cc1ccc2nc(-c3ccc4nc(-c5ccc(N=Nc6c(O)ccc7cc(S(=O)(=O)[O-])cc(S(=O)(=O)[O-])c67)c(S(=O)(=O)[O-])c5)sc4c3)sc2c1.[Na+].[Na+].[Na+]. The second-order valence-corrected chi connectivity index (χ2v) is 17.0. The summed E-state index contributed by atoms with van der Waals surface area (Å²) >= 11 is 2.79. The third kappa shape index (κ3) is 9.13. The number of aromatic hydroxyl groups is 1. The van der Waals surface area contributed by atoms with Crippen LogP contribution >= 0.6 is 22.7 Å². The molecule has 0 aliphatic carbocycles. The van der Waals surface area contributed by atoms with Gasteiger partial charge in [0.1, 0.15) is 57.5 Å². The Labute approximate surface area is 376 Å². The van der Waals surface area contributed by atoms with Crippen LogP contribution in [0.15, 0.2) is 104 Å². The van der Waals surface area contributed by atoms with Gasteiger partial charge in [0.15, 0.2) is 0 Å². The van der Waals surface area contributed by atoms with Crippen LogP contribution in [-0.4, -0.2) is 54.0 Å². The first-order valence-electron chi connectivity index (χ1n) is 14.0. The zero-order valence-electron chi connectivity index (χ0n) is 28.0. The fraction of sp³-hybridized carbons (Fsp3) is 0.0323. The molecule has 254 valence electrons. The number of phenolic OH excluding ortho intramolecular Hbond substituents is 1. The molecule has 53 heavy (non-hydrogen) atoms. The molecular weight excluding hydrogens is 818 g/mol. The molecule has 7 aromatic rings. The minimum Gasteiger partial charge on any atom is -0.744 e. The summed E-state index contributed by atoms with van der Waals surface area (Å²) in [5, 5.41) is 18.4. The molecule has 14 nitrogen and oxygen atoms in total. The topological polar surface area (TPSA) is 242 Å². The summed E-state index contributed by atoms with van der Waals surface area (Å²) in [6.45, 7) is 2.00. The van der Waals surface area contributed by atoms with Crippen LogP contribution in [0.2, 0.25) is 0 Å². The molecule has 0 amide bonds. The Balaban J connectivity index is 0.00000209. The van der Waals surface area contributed by atoms with Gasteiger partial charge in [-0.25, -0.2) is 35.2 Å². The average Bonchev–Trinajstić information content (AvgIpc) is 3.66. The van der Waals surface area contributed by atoms with Gasteiger partial charge >= 0.3 is 88.7 Å². The average molecular weight is 835 g/mol. The van der Waals surface area contributed by atoms with E-state index in [1.807, 2.05) is 31.2 Å². The van der Waals surface area contributed by atoms with Crippen molar-refractivity contribution in [2.45, 2.75) is 21.6 Å². The summed E-state index contributed by atoms with van der Waals surface area (Å²) in [6.07, 6.45) is 0. The molecule has 7 rings (SSSR count). The Morgan fingerprint density at radius 3 is 1.79 bits per heavy atom. The third-order valence-electron chi connectivity index (χ3n) is 7.48. The van der Waals surface area contributed by atoms with E-state index in [1.54, 1.807) is 17.4 Å². The van der Waals surface area contributed by atoms with E-state index in [9.17, 15) is 44.0 Å². The van der Waals surface area contributed by atoms with Crippen molar-refractivity contribution in [2.24, 2.45) is 10.2 Å². The maximum atomic E-state index is 12.4. The van der Waals surface area contributed by atoms with Crippen LogP contribution in [0.25, 0.3) is 52.3 Å². The van der Waals surface area contributed by atoms with Crippen molar-refractivity contribution < 1.29 is 133 Å². The smallest absolute Gasteiger partial charge is 0.744 e. The Morgan fingerprint density at radius 1 is 0.623 bits per heavy atom. The first kappa shape index (κ1) is 44.0. The van der Waals surface area contributed by atoms with Gasteiger partial charge in [0, 0.05) is 16.5 Å². The van der Waals surface area contributed by atoms with Crippen molar-refractivity contribution in [2.75, 3.05) is 0 Å². The number of hydrogen-bond donors (Lipinski definition) is 1. The number of nitrogens with zero attached hydrogens (tertiary/aromatic N) is 4. The van der Waals surface area contributed by atoms with Gasteiger partial charge in [0.2, 0.25) is 0 Å². The van der Waals surface area contributed by atoms with E-state index in [0.29, 0.717) is 16.6 Å². The molecule has 2 heterocycles. The Kier molecular flexibility index (Phi) is 13.6. The van der Waals surface area contributed by atoms with Crippen molar-refractivity contribution in [3.63, 3.8) is 0 Å². The van der Waals surface area contributed by atoms with Crippen molar-refractivity contribution in [3.05, 3.63) is 84.4 Å². The zero-order valence-corrected chi connectivity index (χ0v) is 38.0. The maximum Gasteiger partial charge on any atom is 1.00 e. The molecule has 22 heteroatoms. The van der Waals surface area contributed by atoms with Crippen molar-refractivity contribution in [3.8, 4) is 26.9 Å². The first-order valence-corrected chi connectivity index (χ1v) is 19.8. The molecular formula is C31H17N4Na3O10S5. The van der Waals surface area contributed by atoms with Gasteiger partial charge < -0.3 is 18.8 Å². The number of benzene rings is 5. The Bertz CT molecular complexity index is 2950. The largest absolute Gasteiger partial charge is 1.00 e. The Hall–Kier alpha value is -1.73. The minimum absolute atomic E-state index is 0. The van der Waals surface area contributed by atoms with Gasteiger partial charge in [-0.1, -0.05) is 12.1 Å². The van der Waals surface area contributed by atoms with Crippen molar-refractivity contribution in [1.82, 2.24) is 9.97 Å². The van der Waals surface area contributed by atoms with Crippen LogP contribution < -0.4 is 88.7 Å². The predicted molar refractivity (Wildman–Crippen MR) is 182 cm³/mol. The monoisotopic (exact) mass is 834 g/mol. The molecule has 0 saturated heterocycles. The van der Waals surface area contributed by atoms with E-state index in [4.69, 9.17) is 4.98 Å². The van der Waals surface area contributed by atoms with E-state index >= 15 is 0 Å². The molecule has 0 atom stereocenters. The summed E-state index contributed by atoms with van der Waals surface area (Å²) in [5.41, 5.74) is 2.56. The van der Waals surface area contributed by atoms with Crippen LogP contribution in [0, 0.1) is 6.92 Å². The summed E-state index contributed by atoms with van der Waals surface area (Å²) in [7, 11) is -15.9. The molecule has 1 N–H and O–H groups in total. The van der Waals surface area contributed by atoms with E-state index in [-0.39, 0.29) is 99.6 Å². The minimum atomic E-state index is -5.46. The number of aromatic nitrogens is 2. The number of thiazole rings is 2. The van der Waals surface area contributed by atoms with Gasteiger partial charge in [-0.05, 0) is 84.6 Å². The number of rotatable bonds is 7. The molecule has 0 aliphatic heterocycles. The molecule has 0 radical (unpaired) electrons. The van der Waals surface area contributed by atoms with Crippen LogP contribution in [0.1, 0.15) is 5.56 Å². The normalized spacial score (nSPS) is 12.2. The molecule has 0 unspecified atom stereocenters. The maximum absolute atomic E-state index is 12.4. The summed E-state index contributed by atoms with van der Waals surface area (Å²) in [4.78, 5) is 6.27. The molecule has 0 bridgehead atoms. The van der Waals surface area contributed by atoms with Gasteiger partial charge in [-0.15, -0.1) is 32.9 Å². The predicted octanol–water partition coefficient (Wildman–Crippen LogP) is -2.45. The Morgan fingerprint density at radius 2 is 1.19 bits per heavy atom. The third-order valence-corrected chi connectivity index (χ3v) is 12.2. The van der Waals surface area contributed by atoms with E-state index < -0.39 is 67.6 Å². The van der Waals surface area contributed by atoms with E-state index in [2.05, 4.69) is 21.3 Å². The van der Waals surface area contributed by atoms with Gasteiger partial charge in [-0.2, -0.15) is 0 Å². The standard InChI is InChI=1S/C31H20N4O10S5.3Na/c1-15-2-6-20-24(10-15)46-30(32-20)17-3-7-21-25(12-17)47-31(33-21)18-4-8-22(26(13-18)49(40,41)42)34-35-29-23(36)9-5-16-11-19(48(37,38)39)14-27(28(16)29)50(43,44)45;;;/h2-14,36H,1H3,(H,37,38,39)(H,40,41,42)(H,43,44,45);;;/q;3*+1/p-3. The molecule has 0 spiro atoms. The van der Waals surface area contributed by atoms with E-state index in [1.165, 1.54) is 17.4 Å². The molecule has 0 aliphatic rings. The summed E-state index contributed by atoms with van der Waals surface area (Å²) in [5.74, 6) is -0.734. The van der Waals surface area contributed by atoms with Gasteiger partial charge in [0.05, 0.1) is 35.1 Å². The second-order valence-electron chi connectivity index (χ2n) is 10.9. The number of aryl methyl sites for hydroxylation is 1. The van der Waals surface area contributed by atoms with Crippen LogP contribution in [0.5, 0.6) is 5.75 Å². The number of fused-ring (bicyclic) bond motifs is 3. The molecule has 2 aromatic heterocycles.